The van der Waals surface area contributed by atoms with Crippen molar-refractivity contribution in [2.75, 3.05) is 6.54 Å². The van der Waals surface area contributed by atoms with Gasteiger partial charge in [0.15, 0.2) is 0 Å². The summed E-state index contributed by atoms with van der Waals surface area (Å²) in [5, 5.41) is 7.13. The van der Waals surface area contributed by atoms with Crippen molar-refractivity contribution in [1.82, 2.24) is 20.0 Å². The molecule has 2 heterocycles. The number of amides is 3. The van der Waals surface area contributed by atoms with Gasteiger partial charge in [-0.05, 0) is 37.5 Å². The number of hydrogen-bond donors (Lipinski definition) is 2. The van der Waals surface area contributed by atoms with Gasteiger partial charge in [0.1, 0.15) is 11.5 Å². The number of carbonyl (C=O) groups is 2. The molecule has 0 unspecified atom stereocenters. The highest BCUT2D eigenvalue weighted by molar-refractivity contribution is 6.31. The standard InChI is InChI=1S/C20H21ClF3N5O2/c21-13-8-10(2-4-14(13)22)17-16(19(25)30)15-9-28(5-6-29(15)27-17)20(31)26-12-3-1-11(7-12)18(23)24/h2,4,8,11-12,18H,1,3,5-7,9H2,(H2,25,30)(H,26,31)/t11-,12+/m0/s1. The topological polar surface area (TPSA) is 93.2 Å². The maximum Gasteiger partial charge on any atom is 0.318 e. The molecule has 1 fully saturated rings. The van der Waals surface area contributed by atoms with Gasteiger partial charge in [0.25, 0.3) is 5.91 Å². The zero-order valence-electron chi connectivity index (χ0n) is 16.5. The van der Waals surface area contributed by atoms with Gasteiger partial charge in [0, 0.05) is 24.1 Å². The van der Waals surface area contributed by atoms with Crippen LogP contribution in [0.5, 0.6) is 0 Å². The Labute approximate surface area is 181 Å². The van der Waals surface area contributed by atoms with Gasteiger partial charge >= 0.3 is 6.03 Å². The van der Waals surface area contributed by atoms with Crippen LogP contribution in [0.2, 0.25) is 5.02 Å². The van der Waals surface area contributed by atoms with Crippen molar-refractivity contribution in [1.29, 1.82) is 0 Å². The third kappa shape index (κ3) is 4.21. The Morgan fingerprint density at radius 2 is 2.03 bits per heavy atom. The zero-order valence-corrected chi connectivity index (χ0v) is 17.2. The Morgan fingerprint density at radius 1 is 1.26 bits per heavy atom. The van der Waals surface area contributed by atoms with E-state index in [0.717, 1.165) is 0 Å². The lowest BCUT2D eigenvalue weighted by Crippen LogP contribution is -2.47. The number of nitrogens with one attached hydrogen (secondary N) is 1. The first-order valence-electron chi connectivity index (χ1n) is 9.93. The van der Waals surface area contributed by atoms with Crippen LogP contribution in [0.4, 0.5) is 18.0 Å². The quantitative estimate of drug-likeness (QED) is 0.740. The number of rotatable bonds is 4. The average molecular weight is 456 g/mol. The van der Waals surface area contributed by atoms with Gasteiger partial charge in [-0.25, -0.2) is 18.0 Å². The normalized spacial score (nSPS) is 20.7. The molecule has 4 rings (SSSR count). The molecule has 1 aromatic carbocycles. The fourth-order valence-electron chi connectivity index (χ4n) is 4.24. The molecule has 166 valence electrons. The number of alkyl halides is 2. The van der Waals surface area contributed by atoms with E-state index in [1.54, 1.807) is 4.68 Å². The molecule has 0 bridgehead atoms. The van der Waals surface area contributed by atoms with Crippen molar-refractivity contribution >= 4 is 23.5 Å². The summed E-state index contributed by atoms with van der Waals surface area (Å²) in [6.45, 7) is 0.729. The predicted molar refractivity (Wildman–Crippen MR) is 107 cm³/mol. The molecule has 1 aromatic heterocycles. The van der Waals surface area contributed by atoms with Crippen LogP contribution in [0.1, 0.15) is 35.3 Å². The van der Waals surface area contributed by atoms with E-state index >= 15 is 0 Å². The summed E-state index contributed by atoms with van der Waals surface area (Å²) < 4.78 is 40.9. The minimum absolute atomic E-state index is 0.0804. The third-order valence-electron chi connectivity index (χ3n) is 5.86. The SMILES string of the molecule is NC(=O)c1c(-c2ccc(F)c(Cl)c2)nn2c1CN(C(=O)N[C@@H]1CC[C@H](C(F)F)C1)CC2. The number of hydrogen-bond acceptors (Lipinski definition) is 3. The van der Waals surface area contributed by atoms with E-state index in [4.69, 9.17) is 17.3 Å². The van der Waals surface area contributed by atoms with E-state index in [9.17, 15) is 22.8 Å². The number of nitrogens with two attached hydrogens (primary N) is 1. The van der Waals surface area contributed by atoms with E-state index in [0.29, 0.717) is 37.2 Å². The smallest absolute Gasteiger partial charge is 0.318 e. The number of carbonyl (C=O) groups excluding carboxylic acids is 2. The first-order chi connectivity index (χ1) is 14.7. The van der Waals surface area contributed by atoms with E-state index < -0.39 is 24.1 Å². The maximum absolute atomic E-state index is 13.5. The van der Waals surface area contributed by atoms with E-state index in [-0.39, 0.29) is 41.3 Å². The van der Waals surface area contributed by atoms with Crippen molar-refractivity contribution in [3.05, 3.63) is 40.3 Å². The summed E-state index contributed by atoms with van der Waals surface area (Å²) in [6, 6.07) is 3.31. The Morgan fingerprint density at radius 3 is 2.68 bits per heavy atom. The number of aromatic nitrogens is 2. The monoisotopic (exact) mass is 455 g/mol. The fraction of sp³-hybridized carbons (Fsp3) is 0.450. The molecule has 2 atom stereocenters. The van der Waals surface area contributed by atoms with Crippen LogP contribution in [0, 0.1) is 11.7 Å². The highest BCUT2D eigenvalue weighted by Gasteiger charge is 2.34. The van der Waals surface area contributed by atoms with Gasteiger partial charge in [-0.2, -0.15) is 5.10 Å². The molecule has 3 amide bonds. The largest absolute Gasteiger partial charge is 0.365 e. The summed E-state index contributed by atoms with van der Waals surface area (Å²) in [6.07, 6.45) is -1.25. The average Bonchev–Trinajstić information content (AvgIpc) is 3.34. The van der Waals surface area contributed by atoms with Crippen molar-refractivity contribution in [2.24, 2.45) is 11.7 Å². The van der Waals surface area contributed by atoms with Crippen molar-refractivity contribution in [3.63, 3.8) is 0 Å². The Kier molecular flexibility index (Phi) is 5.83. The van der Waals surface area contributed by atoms with Crippen LogP contribution in [0.15, 0.2) is 18.2 Å². The predicted octanol–water partition coefficient (Wildman–Crippen LogP) is 3.40. The van der Waals surface area contributed by atoms with Crippen LogP contribution in [0.25, 0.3) is 11.3 Å². The minimum atomic E-state index is -2.39. The number of halogens is 4. The van der Waals surface area contributed by atoms with Crippen LogP contribution in [0.3, 0.4) is 0 Å². The van der Waals surface area contributed by atoms with E-state index in [1.165, 1.54) is 23.1 Å². The number of fused-ring (bicyclic) bond motifs is 1. The van der Waals surface area contributed by atoms with Crippen molar-refractivity contribution < 1.29 is 22.8 Å². The van der Waals surface area contributed by atoms with Crippen LogP contribution in [-0.2, 0) is 13.1 Å². The van der Waals surface area contributed by atoms with Gasteiger partial charge in [-0.3, -0.25) is 9.48 Å². The molecule has 31 heavy (non-hydrogen) atoms. The summed E-state index contributed by atoms with van der Waals surface area (Å²) in [5.74, 6) is -2.02. The van der Waals surface area contributed by atoms with Crippen molar-refractivity contribution in [2.45, 2.75) is 44.8 Å². The molecule has 1 aliphatic heterocycles. The van der Waals surface area contributed by atoms with Gasteiger partial charge in [0.05, 0.1) is 29.4 Å². The first-order valence-corrected chi connectivity index (χ1v) is 10.3. The minimum Gasteiger partial charge on any atom is -0.365 e. The molecule has 7 nitrogen and oxygen atoms in total. The molecule has 1 saturated carbocycles. The van der Waals surface area contributed by atoms with Gasteiger partial charge in [-0.1, -0.05) is 11.6 Å². The van der Waals surface area contributed by atoms with E-state index in [1.807, 2.05) is 0 Å². The van der Waals surface area contributed by atoms with Gasteiger partial charge in [-0.15, -0.1) is 0 Å². The second-order valence-electron chi connectivity index (χ2n) is 7.86. The molecule has 0 spiro atoms. The van der Waals surface area contributed by atoms with Crippen LogP contribution in [-0.4, -0.2) is 45.6 Å². The number of nitrogens with zero attached hydrogens (tertiary/aromatic N) is 3. The maximum atomic E-state index is 13.5. The lowest BCUT2D eigenvalue weighted by molar-refractivity contribution is 0.0792. The molecule has 2 aromatic rings. The second kappa shape index (κ2) is 8.41. The molecule has 1 aliphatic carbocycles. The van der Waals surface area contributed by atoms with Crippen LogP contribution < -0.4 is 11.1 Å². The Balaban J connectivity index is 1.55. The summed E-state index contributed by atoms with van der Waals surface area (Å²) in [5.41, 5.74) is 6.89. The lowest BCUT2D eigenvalue weighted by Gasteiger charge is -2.29. The van der Waals surface area contributed by atoms with Gasteiger partial charge < -0.3 is 16.0 Å². The molecule has 3 N–H and O–H groups in total. The van der Waals surface area contributed by atoms with Gasteiger partial charge in [0.2, 0.25) is 6.43 Å². The van der Waals surface area contributed by atoms with Crippen LogP contribution >= 0.6 is 11.6 Å². The fourth-order valence-corrected chi connectivity index (χ4v) is 4.42. The Bertz CT molecular complexity index is 1030. The molecular weight excluding hydrogens is 435 g/mol. The summed E-state index contributed by atoms with van der Waals surface area (Å²) >= 11 is 5.86. The highest BCUT2D eigenvalue weighted by atomic mass is 35.5. The Hall–Kier alpha value is -2.75. The number of urea groups is 1. The molecule has 0 saturated heterocycles. The lowest BCUT2D eigenvalue weighted by atomic mass is 10.0. The first kappa shape index (κ1) is 21.5. The summed E-state index contributed by atoms with van der Waals surface area (Å²) in [4.78, 5) is 26.4. The highest BCUT2D eigenvalue weighted by Crippen LogP contribution is 2.32. The molecule has 11 heteroatoms. The second-order valence-corrected chi connectivity index (χ2v) is 8.27. The summed E-state index contributed by atoms with van der Waals surface area (Å²) in [7, 11) is 0. The molecular formula is C20H21ClF3N5O2. The number of primary amides is 1. The van der Waals surface area contributed by atoms with Crippen molar-refractivity contribution in [3.8, 4) is 11.3 Å². The molecule has 2 aliphatic rings. The van der Waals surface area contributed by atoms with E-state index in [2.05, 4.69) is 10.4 Å². The molecule has 0 radical (unpaired) electrons. The zero-order chi connectivity index (χ0) is 22.3. The third-order valence-corrected chi connectivity index (χ3v) is 6.15. The number of benzene rings is 1.